The second-order valence-corrected chi connectivity index (χ2v) is 4.76. The Labute approximate surface area is 104 Å². The molecule has 0 radical (unpaired) electrons. The molecule has 2 aromatic rings. The van der Waals surface area contributed by atoms with Crippen LogP contribution in [0, 0.1) is 6.92 Å². The zero-order chi connectivity index (χ0) is 12.4. The van der Waals surface area contributed by atoms with E-state index >= 15 is 0 Å². The molecule has 2 heterocycles. The van der Waals surface area contributed by atoms with Crippen molar-refractivity contribution in [3.63, 3.8) is 0 Å². The van der Waals surface area contributed by atoms with Gasteiger partial charge in [0.1, 0.15) is 5.00 Å². The Kier molecular flexibility index (Phi) is 3.42. The minimum atomic E-state index is 0.317. The number of nitrogens with one attached hydrogen (secondary N) is 1. The maximum atomic E-state index is 5.32. The molecule has 0 spiro atoms. The standard InChI is InChI=1S/C11H16N4OS/c1-5-6(2)9-13-10(16-14-9)8-7(3)15-17-11(8)12-4/h6,12H,5H2,1-4H3. The fourth-order valence-corrected chi connectivity index (χ4v) is 2.25. The summed E-state index contributed by atoms with van der Waals surface area (Å²) in [5, 5.41) is 8.08. The molecule has 0 bridgehead atoms. The van der Waals surface area contributed by atoms with Gasteiger partial charge in [-0.3, -0.25) is 0 Å². The first-order chi connectivity index (χ1) is 8.17. The molecule has 6 heteroatoms. The van der Waals surface area contributed by atoms with Crippen molar-refractivity contribution in [2.45, 2.75) is 33.1 Å². The first-order valence-electron chi connectivity index (χ1n) is 5.65. The van der Waals surface area contributed by atoms with Crippen molar-refractivity contribution in [2.75, 3.05) is 12.4 Å². The third kappa shape index (κ3) is 2.17. The highest BCUT2D eigenvalue weighted by Gasteiger charge is 2.19. The zero-order valence-electron chi connectivity index (χ0n) is 10.4. The van der Waals surface area contributed by atoms with Crippen molar-refractivity contribution in [3.05, 3.63) is 11.5 Å². The highest BCUT2D eigenvalue weighted by Crippen LogP contribution is 2.33. The molecule has 92 valence electrons. The van der Waals surface area contributed by atoms with Gasteiger partial charge in [-0.25, -0.2) is 0 Å². The van der Waals surface area contributed by atoms with Gasteiger partial charge in [-0.2, -0.15) is 9.36 Å². The van der Waals surface area contributed by atoms with Gasteiger partial charge in [-0.1, -0.05) is 19.0 Å². The van der Waals surface area contributed by atoms with Gasteiger partial charge in [0.25, 0.3) is 5.89 Å². The highest BCUT2D eigenvalue weighted by molar-refractivity contribution is 7.10. The van der Waals surface area contributed by atoms with E-state index in [1.54, 1.807) is 0 Å². The number of hydrogen-bond acceptors (Lipinski definition) is 6. The monoisotopic (exact) mass is 252 g/mol. The summed E-state index contributed by atoms with van der Waals surface area (Å²) in [5.41, 5.74) is 1.83. The first kappa shape index (κ1) is 12.0. The summed E-state index contributed by atoms with van der Waals surface area (Å²) in [6.45, 7) is 6.14. The second kappa shape index (κ2) is 4.83. The first-order valence-corrected chi connectivity index (χ1v) is 6.42. The molecule has 1 atom stereocenters. The maximum Gasteiger partial charge on any atom is 0.262 e. The van der Waals surface area contributed by atoms with E-state index in [1.807, 2.05) is 14.0 Å². The lowest BCUT2D eigenvalue weighted by Gasteiger charge is -1.99. The molecule has 1 N–H and O–H groups in total. The summed E-state index contributed by atoms with van der Waals surface area (Å²) in [4.78, 5) is 4.44. The van der Waals surface area contributed by atoms with Crippen LogP contribution in [0.3, 0.4) is 0 Å². The van der Waals surface area contributed by atoms with Crippen LogP contribution in [-0.4, -0.2) is 21.6 Å². The minimum absolute atomic E-state index is 0.317. The summed E-state index contributed by atoms with van der Waals surface area (Å²) in [7, 11) is 1.86. The van der Waals surface area contributed by atoms with Crippen LogP contribution >= 0.6 is 11.5 Å². The molecule has 17 heavy (non-hydrogen) atoms. The van der Waals surface area contributed by atoms with Crippen molar-refractivity contribution in [3.8, 4) is 11.5 Å². The number of hydrogen-bond donors (Lipinski definition) is 1. The van der Waals surface area contributed by atoms with E-state index in [4.69, 9.17) is 4.52 Å². The summed E-state index contributed by atoms with van der Waals surface area (Å²) in [6.07, 6.45) is 0.999. The molecule has 0 amide bonds. The molecule has 0 aromatic carbocycles. The number of nitrogens with zero attached hydrogens (tertiary/aromatic N) is 3. The molecule has 0 saturated carbocycles. The van der Waals surface area contributed by atoms with E-state index in [9.17, 15) is 0 Å². The summed E-state index contributed by atoms with van der Waals surface area (Å²) >= 11 is 1.41. The van der Waals surface area contributed by atoms with Crippen LogP contribution in [0.2, 0.25) is 0 Å². The quantitative estimate of drug-likeness (QED) is 0.906. The predicted octanol–water partition coefficient (Wildman–Crippen LogP) is 3.06. The summed E-state index contributed by atoms with van der Waals surface area (Å²) < 4.78 is 9.61. The van der Waals surface area contributed by atoms with Crippen molar-refractivity contribution in [2.24, 2.45) is 0 Å². The van der Waals surface area contributed by atoms with E-state index in [-0.39, 0.29) is 0 Å². The smallest absolute Gasteiger partial charge is 0.262 e. The molecule has 0 saturated heterocycles. The topological polar surface area (TPSA) is 63.8 Å². The number of aryl methyl sites for hydroxylation is 1. The van der Waals surface area contributed by atoms with Crippen LogP contribution in [0.25, 0.3) is 11.5 Å². The minimum Gasteiger partial charge on any atom is -0.378 e. The molecular formula is C11H16N4OS. The average molecular weight is 252 g/mol. The SMILES string of the molecule is CCC(C)c1noc(-c2c(C)nsc2NC)n1. The Balaban J connectivity index is 2.39. The molecule has 2 aromatic heterocycles. The van der Waals surface area contributed by atoms with Crippen LogP contribution in [0.4, 0.5) is 5.00 Å². The van der Waals surface area contributed by atoms with E-state index < -0.39 is 0 Å². The lowest BCUT2D eigenvalue weighted by molar-refractivity contribution is 0.416. The molecule has 5 nitrogen and oxygen atoms in total. The maximum absolute atomic E-state index is 5.32. The largest absolute Gasteiger partial charge is 0.378 e. The van der Waals surface area contributed by atoms with Crippen LogP contribution < -0.4 is 5.32 Å². The van der Waals surface area contributed by atoms with Gasteiger partial charge in [-0.05, 0) is 24.9 Å². The fraction of sp³-hybridized carbons (Fsp3) is 0.545. The summed E-state index contributed by atoms with van der Waals surface area (Å²) in [6, 6.07) is 0. The van der Waals surface area contributed by atoms with Crippen molar-refractivity contribution in [1.82, 2.24) is 14.5 Å². The Morgan fingerprint density at radius 2 is 2.24 bits per heavy atom. The highest BCUT2D eigenvalue weighted by atomic mass is 32.1. The van der Waals surface area contributed by atoms with E-state index in [0.717, 1.165) is 28.5 Å². The number of rotatable bonds is 4. The zero-order valence-corrected chi connectivity index (χ0v) is 11.3. The number of aromatic nitrogens is 3. The van der Waals surface area contributed by atoms with Crippen LogP contribution in [0.1, 0.15) is 37.7 Å². The van der Waals surface area contributed by atoms with E-state index in [2.05, 4.69) is 33.7 Å². The Bertz CT molecular complexity index is 505. The normalized spacial score (nSPS) is 12.7. The van der Waals surface area contributed by atoms with E-state index in [1.165, 1.54) is 11.5 Å². The van der Waals surface area contributed by atoms with Gasteiger partial charge >= 0.3 is 0 Å². The molecule has 0 aliphatic rings. The lowest BCUT2D eigenvalue weighted by atomic mass is 10.1. The van der Waals surface area contributed by atoms with Gasteiger partial charge in [-0.15, -0.1) is 0 Å². The third-order valence-corrected chi connectivity index (χ3v) is 3.75. The molecule has 0 fully saturated rings. The molecule has 0 aliphatic carbocycles. The molecular weight excluding hydrogens is 236 g/mol. The second-order valence-electron chi connectivity index (χ2n) is 3.99. The fourth-order valence-electron chi connectivity index (χ4n) is 1.51. The lowest BCUT2D eigenvalue weighted by Crippen LogP contribution is -1.94. The average Bonchev–Trinajstić information content (AvgIpc) is 2.93. The molecule has 2 rings (SSSR count). The molecule has 0 aliphatic heterocycles. The van der Waals surface area contributed by atoms with Crippen molar-refractivity contribution in [1.29, 1.82) is 0 Å². The predicted molar refractivity (Wildman–Crippen MR) is 68.4 cm³/mol. The van der Waals surface area contributed by atoms with Gasteiger partial charge in [0.05, 0.1) is 11.3 Å². The van der Waals surface area contributed by atoms with Gasteiger partial charge in [0, 0.05) is 13.0 Å². The number of anilines is 1. The third-order valence-electron chi connectivity index (χ3n) is 2.80. The molecule has 1 unspecified atom stereocenters. The van der Waals surface area contributed by atoms with Crippen LogP contribution in [0.15, 0.2) is 4.52 Å². The Hall–Kier alpha value is -1.43. The van der Waals surface area contributed by atoms with Crippen LogP contribution in [0.5, 0.6) is 0 Å². The van der Waals surface area contributed by atoms with E-state index in [0.29, 0.717) is 11.8 Å². The van der Waals surface area contributed by atoms with Crippen molar-refractivity contribution >= 4 is 16.5 Å². The van der Waals surface area contributed by atoms with Gasteiger partial charge < -0.3 is 9.84 Å². The summed E-state index contributed by atoms with van der Waals surface area (Å²) in [5.74, 6) is 1.63. The Morgan fingerprint density at radius 1 is 1.47 bits per heavy atom. The van der Waals surface area contributed by atoms with Gasteiger partial charge in [0.2, 0.25) is 0 Å². The van der Waals surface area contributed by atoms with Gasteiger partial charge in [0.15, 0.2) is 5.82 Å². The van der Waals surface area contributed by atoms with Crippen molar-refractivity contribution < 1.29 is 4.52 Å². The van der Waals surface area contributed by atoms with Crippen LogP contribution in [-0.2, 0) is 0 Å². The Morgan fingerprint density at radius 3 is 2.88 bits per heavy atom.